The first-order valence-corrected chi connectivity index (χ1v) is 7.03. The number of hydrogen-bond acceptors (Lipinski definition) is 5. The van der Waals surface area contributed by atoms with E-state index in [0.717, 1.165) is 12.1 Å². The second-order valence-electron chi connectivity index (χ2n) is 6.03. The molecule has 1 aliphatic rings. The number of aliphatic hydroxyl groups is 1. The molecule has 1 aliphatic heterocycles. The fourth-order valence-corrected chi connectivity index (χ4v) is 2.49. The number of nitrogen functional groups attached to an aromatic ring is 1. The van der Waals surface area contributed by atoms with Crippen LogP contribution in [0.3, 0.4) is 0 Å². The molecule has 112 valence electrons. The SMILES string of the molecule is CC(C)CC(C)(O)CNc1cc2c(cc1N)OCCO2. The van der Waals surface area contributed by atoms with E-state index in [2.05, 4.69) is 19.2 Å². The zero-order chi connectivity index (χ0) is 14.8. The van der Waals surface area contributed by atoms with Gasteiger partial charge in [0.15, 0.2) is 11.5 Å². The molecule has 0 radical (unpaired) electrons. The summed E-state index contributed by atoms with van der Waals surface area (Å²) in [7, 11) is 0. The van der Waals surface area contributed by atoms with Gasteiger partial charge in [-0.15, -0.1) is 0 Å². The van der Waals surface area contributed by atoms with E-state index in [1.165, 1.54) is 0 Å². The molecule has 0 amide bonds. The van der Waals surface area contributed by atoms with Gasteiger partial charge in [0.25, 0.3) is 0 Å². The standard InChI is InChI=1S/C15H24N2O3/c1-10(2)8-15(3,18)9-17-12-7-14-13(6-11(12)16)19-4-5-20-14/h6-7,10,17-18H,4-5,8-9,16H2,1-3H3. The van der Waals surface area contributed by atoms with Crippen LogP contribution in [0.2, 0.25) is 0 Å². The fraction of sp³-hybridized carbons (Fsp3) is 0.600. The summed E-state index contributed by atoms with van der Waals surface area (Å²) in [4.78, 5) is 0. The highest BCUT2D eigenvalue weighted by molar-refractivity contribution is 5.72. The van der Waals surface area contributed by atoms with E-state index in [4.69, 9.17) is 15.2 Å². The molecule has 1 aromatic rings. The molecule has 1 aromatic carbocycles. The Bertz CT molecular complexity index is 472. The number of benzene rings is 1. The Morgan fingerprint density at radius 3 is 2.50 bits per heavy atom. The first-order valence-electron chi connectivity index (χ1n) is 7.03. The topological polar surface area (TPSA) is 76.7 Å². The quantitative estimate of drug-likeness (QED) is 0.721. The summed E-state index contributed by atoms with van der Waals surface area (Å²) < 4.78 is 11.0. The Morgan fingerprint density at radius 2 is 1.90 bits per heavy atom. The first-order chi connectivity index (χ1) is 9.37. The number of nitrogens with one attached hydrogen (secondary N) is 1. The smallest absolute Gasteiger partial charge is 0.163 e. The molecular weight excluding hydrogens is 256 g/mol. The molecule has 0 spiro atoms. The highest BCUT2D eigenvalue weighted by Gasteiger charge is 2.22. The van der Waals surface area contributed by atoms with Crippen LogP contribution in [0.25, 0.3) is 0 Å². The lowest BCUT2D eigenvalue weighted by Crippen LogP contribution is -2.35. The summed E-state index contributed by atoms with van der Waals surface area (Å²) in [5, 5.41) is 13.5. The molecule has 0 fully saturated rings. The van der Waals surface area contributed by atoms with Crippen molar-refractivity contribution in [3.63, 3.8) is 0 Å². The molecule has 0 saturated heterocycles. The minimum Gasteiger partial charge on any atom is -0.486 e. The minimum absolute atomic E-state index is 0.435. The van der Waals surface area contributed by atoms with Gasteiger partial charge in [-0.2, -0.15) is 0 Å². The van der Waals surface area contributed by atoms with Crippen molar-refractivity contribution in [1.82, 2.24) is 0 Å². The number of nitrogens with two attached hydrogens (primary N) is 1. The van der Waals surface area contributed by atoms with Crippen molar-refractivity contribution in [3.05, 3.63) is 12.1 Å². The maximum absolute atomic E-state index is 10.3. The largest absolute Gasteiger partial charge is 0.486 e. The van der Waals surface area contributed by atoms with Crippen LogP contribution >= 0.6 is 0 Å². The number of rotatable bonds is 5. The molecule has 1 unspecified atom stereocenters. The zero-order valence-electron chi connectivity index (χ0n) is 12.4. The highest BCUT2D eigenvalue weighted by atomic mass is 16.6. The van der Waals surface area contributed by atoms with Crippen LogP contribution in [0.4, 0.5) is 11.4 Å². The van der Waals surface area contributed by atoms with E-state index >= 15 is 0 Å². The first kappa shape index (κ1) is 14.8. The fourth-order valence-electron chi connectivity index (χ4n) is 2.49. The Hall–Kier alpha value is -1.62. The number of hydrogen-bond donors (Lipinski definition) is 3. The normalized spacial score (nSPS) is 16.9. The number of ether oxygens (including phenoxy) is 2. The van der Waals surface area contributed by atoms with E-state index < -0.39 is 5.60 Å². The number of fused-ring (bicyclic) bond motifs is 1. The molecule has 20 heavy (non-hydrogen) atoms. The molecule has 0 aliphatic carbocycles. The van der Waals surface area contributed by atoms with Crippen molar-refractivity contribution in [3.8, 4) is 11.5 Å². The van der Waals surface area contributed by atoms with Crippen LogP contribution in [0.1, 0.15) is 27.2 Å². The minimum atomic E-state index is -0.770. The third-order valence-electron chi connectivity index (χ3n) is 3.22. The lowest BCUT2D eigenvalue weighted by Gasteiger charge is -2.27. The van der Waals surface area contributed by atoms with Gasteiger partial charge < -0.3 is 25.6 Å². The zero-order valence-corrected chi connectivity index (χ0v) is 12.4. The summed E-state index contributed by atoms with van der Waals surface area (Å²) in [6.07, 6.45) is 0.727. The van der Waals surface area contributed by atoms with Crippen molar-refractivity contribution in [1.29, 1.82) is 0 Å². The van der Waals surface area contributed by atoms with Gasteiger partial charge in [0.05, 0.1) is 17.0 Å². The Kier molecular flexibility index (Phi) is 4.28. The molecule has 0 saturated carbocycles. The van der Waals surface area contributed by atoms with Crippen molar-refractivity contribution >= 4 is 11.4 Å². The molecule has 0 bridgehead atoms. The van der Waals surface area contributed by atoms with Crippen molar-refractivity contribution in [2.75, 3.05) is 30.8 Å². The van der Waals surface area contributed by atoms with Crippen LogP contribution in [0.5, 0.6) is 11.5 Å². The summed E-state index contributed by atoms with van der Waals surface area (Å²) in [5.41, 5.74) is 6.58. The molecular formula is C15H24N2O3. The summed E-state index contributed by atoms with van der Waals surface area (Å²) in [6.45, 7) is 7.53. The Morgan fingerprint density at radius 1 is 1.30 bits per heavy atom. The van der Waals surface area contributed by atoms with E-state index in [-0.39, 0.29) is 0 Å². The lowest BCUT2D eigenvalue weighted by atomic mass is 9.94. The van der Waals surface area contributed by atoms with Crippen LogP contribution in [-0.4, -0.2) is 30.5 Å². The Balaban J connectivity index is 2.06. The average Bonchev–Trinajstić information content (AvgIpc) is 2.34. The van der Waals surface area contributed by atoms with Crippen molar-refractivity contribution < 1.29 is 14.6 Å². The highest BCUT2D eigenvalue weighted by Crippen LogP contribution is 2.37. The molecule has 1 atom stereocenters. The van der Waals surface area contributed by atoms with E-state index in [0.29, 0.717) is 42.9 Å². The van der Waals surface area contributed by atoms with Crippen molar-refractivity contribution in [2.24, 2.45) is 5.92 Å². The monoisotopic (exact) mass is 280 g/mol. The van der Waals surface area contributed by atoms with Gasteiger partial charge in [0.1, 0.15) is 13.2 Å². The third-order valence-corrected chi connectivity index (χ3v) is 3.22. The Labute approximate surface area is 120 Å². The van der Waals surface area contributed by atoms with Crippen molar-refractivity contribution in [2.45, 2.75) is 32.8 Å². The third kappa shape index (κ3) is 3.70. The molecule has 1 heterocycles. The molecule has 4 N–H and O–H groups in total. The summed E-state index contributed by atoms with van der Waals surface area (Å²) in [6, 6.07) is 3.59. The summed E-state index contributed by atoms with van der Waals surface area (Å²) in [5.74, 6) is 1.80. The van der Waals surface area contributed by atoms with Gasteiger partial charge in [0.2, 0.25) is 0 Å². The van der Waals surface area contributed by atoms with Gasteiger partial charge in [0, 0.05) is 18.7 Å². The predicted molar refractivity (Wildman–Crippen MR) is 80.4 cm³/mol. The lowest BCUT2D eigenvalue weighted by molar-refractivity contribution is 0.0515. The average molecular weight is 280 g/mol. The van der Waals surface area contributed by atoms with Gasteiger partial charge in [-0.05, 0) is 19.3 Å². The van der Waals surface area contributed by atoms with Crippen LogP contribution in [0.15, 0.2) is 12.1 Å². The van der Waals surface area contributed by atoms with Crippen LogP contribution < -0.4 is 20.5 Å². The van der Waals surface area contributed by atoms with E-state index in [1.54, 1.807) is 6.07 Å². The number of anilines is 2. The van der Waals surface area contributed by atoms with Gasteiger partial charge in [-0.25, -0.2) is 0 Å². The molecule has 5 nitrogen and oxygen atoms in total. The second kappa shape index (κ2) is 5.79. The van der Waals surface area contributed by atoms with Gasteiger partial charge >= 0.3 is 0 Å². The van der Waals surface area contributed by atoms with Gasteiger partial charge in [-0.1, -0.05) is 13.8 Å². The molecule has 5 heteroatoms. The maximum atomic E-state index is 10.3. The summed E-state index contributed by atoms with van der Waals surface area (Å²) >= 11 is 0. The molecule has 0 aromatic heterocycles. The molecule has 2 rings (SSSR count). The van der Waals surface area contributed by atoms with Crippen LogP contribution in [-0.2, 0) is 0 Å². The van der Waals surface area contributed by atoms with E-state index in [1.807, 2.05) is 13.0 Å². The van der Waals surface area contributed by atoms with E-state index in [9.17, 15) is 5.11 Å². The van der Waals surface area contributed by atoms with Crippen LogP contribution in [0, 0.1) is 5.92 Å². The van der Waals surface area contributed by atoms with Gasteiger partial charge in [-0.3, -0.25) is 0 Å². The predicted octanol–water partition coefficient (Wildman–Crippen LogP) is 2.25. The maximum Gasteiger partial charge on any atom is 0.163 e. The second-order valence-corrected chi connectivity index (χ2v) is 6.03.